The van der Waals surface area contributed by atoms with Gasteiger partial charge < -0.3 is 15.4 Å². The van der Waals surface area contributed by atoms with Gasteiger partial charge in [-0.25, -0.2) is 18.4 Å². The number of anilines is 3. The van der Waals surface area contributed by atoms with Crippen LogP contribution in [0.5, 0.6) is 5.88 Å². The number of imide groups is 2. The van der Waals surface area contributed by atoms with Gasteiger partial charge in [0.05, 0.1) is 40.4 Å². The standard InChI is InChI=1S/C40H36N12O10S2/c1-62-38-35(48-64(60,61)26-12-9-24(10-13-26)44-36(54)23(20-41)19-25-11-16-33(63-25)52(58)59)43-21-29(45-38)30-22-50(49-47-30)18-5-3-2-4-17-42-28-8-6-7-27-34(28)40(57)51(39(27)56)31-14-15-32(53)46-37(31)55/h6-13,16,19,21-22,31,42H,2-5,14-15,17-18H2,1H3,(H,43,48)(H,44,54)(H,46,53,55)/b23-19+. The SMILES string of the molecule is COc1nc(-c2cn(CCCCCCNc3cccc4c3C(=O)N(C3CCC(=O)NC3=O)C4=O)nn2)cnc1NS(=O)(=O)c1ccc(NC(=O)/C(C#N)=C/c2ccc([N+](=O)[O-])s2)cc1. The maximum Gasteiger partial charge on any atom is 0.324 e. The topological polar surface area (TPSA) is 303 Å². The third-order valence-corrected chi connectivity index (χ3v) is 12.3. The van der Waals surface area contributed by atoms with E-state index in [9.17, 15) is 47.8 Å². The van der Waals surface area contributed by atoms with Crippen LogP contribution in [0, 0.1) is 21.4 Å². The average Bonchev–Trinajstić information content (AvgIpc) is 4.02. The van der Waals surface area contributed by atoms with Gasteiger partial charge in [0.1, 0.15) is 29.1 Å². The molecule has 2 aromatic carbocycles. The van der Waals surface area contributed by atoms with Gasteiger partial charge in [0, 0.05) is 41.8 Å². The molecule has 328 valence electrons. The quantitative estimate of drug-likeness (QED) is 0.0240. The van der Waals surface area contributed by atoms with Gasteiger partial charge in [-0.1, -0.05) is 35.5 Å². The number of unbranched alkanes of at least 4 members (excludes halogenated alkanes) is 3. The monoisotopic (exact) mass is 908 g/mol. The highest BCUT2D eigenvalue weighted by Crippen LogP contribution is 2.33. The number of thiophene rings is 1. The molecule has 1 atom stereocenters. The van der Waals surface area contributed by atoms with Crippen molar-refractivity contribution in [2.24, 2.45) is 0 Å². The summed E-state index contributed by atoms with van der Waals surface area (Å²) in [7, 11) is -2.93. The van der Waals surface area contributed by atoms with Crippen LogP contribution in [0.3, 0.4) is 0 Å². The zero-order chi connectivity index (χ0) is 45.5. The number of methoxy groups -OCH3 is 1. The number of aromatic nitrogens is 5. The molecule has 0 radical (unpaired) electrons. The Hall–Kier alpha value is -7.91. The first-order valence-corrected chi connectivity index (χ1v) is 21.8. The van der Waals surface area contributed by atoms with Crippen molar-refractivity contribution < 1.29 is 42.1 Å². The first-order chi connectivity index (χ1) is 30.8. The summed E-state index contributed by atoms with van der Waals surface area (Å²) < 4.78 is 35.8. The van der Waals surface area contributed by atoms with Gasteiger partial charge in [-0.3, -0.25) is 53.7 Å². The number of amides is 5. The number of fused-ring (bicyclic) bond motifs is 1. The highest BCUT2D eigenvalue weighted by atomic mass is 32.2. The van der Waals surface area contributed by atoms with Crippen molar-refractivity contribution in [1.82, 2.24) is 35.2 Å². The lowest BCUT2D eigenvalue weighted by molar-refractivity contribution is -0.380. The molecule has 3 aromatic heterocycles. The maximum atomic E-state index is 13.3. The van der Waals surface area contributed by atoms with Crippen LogP contribution in [-0.2, 0) is 31.0 Å². The first kappa shape index (κ1) is 44.2. The molecule has 4 N–H and O–H groups in total. The average molecular weight is 909 g/mol. The van der Waals surface area contributed by atoms with Crippen molar-refractivity contribution in [3.8, 4) is 23.3 Å². The van der Waals surface area contributed by atoms with E-state index in [0.29, 0.717) is 29.3 Å². The number of nitrogens with zero attached hydrogens (tertiary/aromatic N) is 8. The summed E-state index contributed by atoms with van der Waals surface area (Å²) in [5, 5.41) is 36.5. The summed E-state index contributed by atoms with van der Waals surface area (Å²) in [5.41, 5.74) is 1.42. The van der Waals surface area contributed by atoms with Crippen molar-refractivity contribution in [2.75, 3.05) is 29.0 Å². The van der Waals surface area contributed by atoms with Gasteiger partial charge in [0.15, 0.2) is 0 Å². The Morgan fingerprint density at radius 3 is 2.56 bits per heavy atom. The second-order valence-electron chi connectivity index (χ2n) is 14.2. The van der Waals surface area contributed by atoms with E-state index in [1.807, 2.05) is 0 Å². The minimum Gasteiger partial charge on any atom is -0.478 e. The first-order valence-electron chi connectivity index (χ1n) is 19.5. The Morgan fingerprint density at radius 1 is 1.06 bits per heavy atom. The molecule has 5 heterocycles. The highest BCUT2D eigenvalue weighted by Gasteiger charge is 2.45. The number of carbonyl (C=O) groups excluding carboxylic acids is 5. The molecule has 0 aliphatic carbocycles. The third-order valence-electron chi connectivity index (χ3n) is 9.93. The summed E-state index contributed by atoms with van der Waals surface area (Å²) in [6.07, 6.45) is 7.53. The van der Waals surface area contributed by atoms with Crippen molar-refractivity contribution in [3.05, 3.63) is 98.7 Å². The molecule has 2 aliphatic heterocycles. The van der Waals surface area contributed by atoms with Crippen molar-refractivity contribution in [1.29, 1.82) is 5.26 Å². The van der Waals surface area contributed by atoms with Crippen molar-refractivity contribution in [3.63, 3.8) is 0 Å². The van der Waals surface area contributed by atoms with E-state index < -0.39 is 50.5 Å². The molecule has 0 saturated carbocycles. The Bertz CT molecular complexity index is 2870. The lowest BCUT2D eigenvalue weighted by Crippen LogP contribution is -2.54. The Kier molecular flexibility index (Phi) is 13.1. The normalized spacial score (nSPS) is 15.0. The zero-order valence-electron chi connectivity index (χ0n) is 33.6. The van der Waals surface area contributed by atoms with Gasteiger partial charge in [-0.15, -0.1) is 5.10 Å². The molecule has 64 heavy (non-hydrogen) atoms. The zero-order valence-corrected chi connectivity index (χ0v) is 35.3. The molecular weight excluding hydrogens is 873 g/mol. The van der Waals surface area contributed by atoms with E-state index in [4.69, 9.17) is 4.74 Å². The maximum absolute atomic E-state index is 13.3. The van der Waals surface area contributed by atoms with Crippen LogP contribution in [0.1, 0.15) is 64.1 Å². The molecule has 1 fully saturated rings. The van der Waals surface area contributed by atoms with Crippen LogP contribution in [0.15, 0.2) is 77.5 Å². The molecule has 1 unspecified atom stereocenters. The predicted molar refractivity (Wildman–Crippen MR) is 228 cm³/mol. The number of hydrogen-bond acceptors (Lipinski definition) is 17. The number of benzene rings is 2. The predicted octanol–water partition coefficient (Wildman–Crippen LogP) is 4.13. The van der Waals surface area contributed by atoms with Crippen LogP contribution in [-0.4, -0.2) is 92.4 Å². The molecule has 2 aliphatic rings. The van der Waals surface area contributed by atoms with Crippen LogP contribution in [0.25, 0.3) is 17.5 Å². The fraction of sp³-hybridized carbons (Fsp3) is 0.250. The van der Waals surface area contributed by atoms with Gasteiger partial charge in [0.2, 0.25) is 17.6 Å². The molecule has 0 spiro atoms. The lowest BCUT2D eigenvalue weighted by atomic mass is 10.0. The Labute approximate surface area is 367 Å². The summed E-state index contributed by atoms with van der Waals surface area (Å²) in [6, 6.07) is 13.4. The fourth-order valence-corrected chi connectivity index (χ4v) is 8.55. The number of piperidine rings is 1. The number of aryl methyl sites for hydroxylation is 1. The van der Waals surface area contributed by atoms with E-state index in [2.05, 4.69) is 41.0 Å². The van der Waals surface area contributed by atoms with Crippen molar-refractivity contribution >= 4 is 79.2 Å². The van der Waals surface area contributed by atoms with E-state index in [-0.39, 0.29) is 62.5 Å². The molecule has 24 heteroatoms. The molecule has 0 bridgehead atoms. The molecule has 7 rings (SSSR count). The number of nitro groups is 1. The van der Waals surface area contributed by atoms with Gasteiger partial charge in [0.25, 0.3) is 33.6 Å². The summed E-state index contributed by atoms with van der Waals surface area (Å²) in [4.78, 5) is 83.1. The minimum atomic E-state index is -4.23. The Morgan fingerprint density at radius 2 is 1.84 bits per heavy atom. The number of ether oxygens (including phenoxy) is 1. The van der Waals surface area contributed by atoms with Gasteiger partial charge in [-0.2, -0.15) is 5.26 Å². The second-order valence-corrected chi connectivity index (χ2v) is 17.0. The van der Waals surface area contributed by atoms with Gasteiger partial charge >= 0.3 is 5.00 Å². The van der Waals surface area contributed by atoms with Crippen LogP contribution >= 0.6 is 11.3 Å². The summed E-state index contributed by atoms with van der Waals surface area (Å²) >= 11 is 0.796. The van der Waals surface area contributed by atoms with E-state index in [0.717, 1.165) is 41.9 Å². The number of hydrogen-bond donors (Lipinski definition) is 4. The number of nitriles is 1. The van der Waals surface area contributed by atoms with E-state index >= 15 is 0 Å². The summed E-state index contributed by atoms with van der Waals surface area (Å²) in [5.74, 6) is -3.37. The largest absolute Gasteiger partial charge is 0.478 e. The van der Waals surface area contributed by atoms with Gasteiger partial charge in [-0.05, 0) is 67.8 Å². The third kappa shape index (κ3) is 9.74. The van der Waals surface area contributed by atoms with E-state index in [1.54, 1.807) is 35.1 Å². The van der Waals surface area contributed by atoms with Crippen LogP contribution in [0.2, 0.25) is 0 Å². The summed E-state index contributed by atoms with van der Waals surface area (Å²) in [6.45, 7) is 1.07. The number of carbonyl (C=O) groups is 5. The number of sulfonamides is 1. The van der Waals surface area contributed by atoms with Crippen LogP contribution < -0.4 is 25.4 Å². The molecular formula is C40H36N12O10S2. The minimum absolute atomic E-state index is 0.0402. The highest BCUT2D eigenvalue weighted by molar-refractivity contribution is 7.92. The molecule has 5 amide bonds. The molecule has 22 nitrogen and oxygen atoms in total. The fourth-order valence-electron chi connectivity index (χ4n) is 6.78. The molecule has 1 saturated heterocycles. The number of rotatable bonds is 18. The smallest absolute Gasteiger partial charge is 0.324 e. The Balaban J connectivity index is 0.873. The second kappa shape index (κ2) is 19.0. The molecule has 5 aromatic rings. The van der Waals surface area contributed by atoms with Crippen molar-refractivity contribution in [2.45, 2.75) is 56.0 Å². The lowest BCUT2D eigenvalue weighted by Gasteiger charge is -2.27. The number of nitrogens with one attached hydrogen (secondary N) is 4. The van der Waals surface area contributed by atoms with E-state index in [1.165, 1.54) is 55.8 Å². The van der Waals surface area contributed by atoms with Crippen LogP contribution in [0.4, 0.5) is 22.2 Å².